The molecule has 0 atom stereocenters. The molecule has 0 unspecified atom stereocenters. The van der Waals surface area contributed by atoms with Gasteiger partial charge in [-0.1, -0.05) is 23.4 Å². The van der Waals surface area contributed by atoms with E-state index >= 15 is 0 Å². The summed E-state index contributed by atoms with van der Waals surface area (Å²) in [4.78, 5) is 1.76. The third-order valence-corrected chi connectivity index (χ3v) is 3.19. The lowest BCUT2D eigenvalue weighted by Crippen LogP contribution is -2.16. The quantitative estimate of drug-likeness (QED) is 0.391. The standard InChI is InChI=1S/C15H16FN3O/c1-10-5-3-4-6-13(10)19(2)14-8-7-11(9-12(14)16)15(17)18-20/h3-9,20H,1-2H3,(H2,17,18). The van der Waals surface area contributed by atoms with Crippen molar-refractivity contribution in [1.82, 2.24) is 0 Å². The van der Waals surface area contributed by atoms with Crippen LogP contribution in [0.2, 0.25) is 0 Å². The van der Waals surface area contributed by atoms with E-state index in [9.17, 15) is 4.39 Å². The van der Waals surface area contributed by atoms with Gasteiger partial charge in [0.15, 0.2) is 5.84 Å². The first-order valence-electron chi connectivity index (χ1n) is 6.11. The topological polar surface area (TPSA) is 61.8 Å². The molecule has 0 saturated carbocycles. The molecule has 0 bridgehead atoms. The lowest BCUT2D eigenvalue weighted by molar-refractivity contribution is 0.318. The van der Waals surface area contributed by atoms with Gasteiger partial charge in [0, 0.05) is 18.3 Å². The molecule has 0 spiro atoms. The number of hydrogen-bond acceptors (Lipinski definition) is 3. The number of anilines is 2. The van der Waals surface area contributed by atoms with Crippen molar-refractivity contribution >= 4 is 17.2 Å². The Hall–Kier alpha value is -2.56. The van der Waals surface area contributed by atoms with Gasteiger partial charge in [0.05, 0.1) is 5.69 Å². The minimum Gasteiger partial charge on any atom is -0.409 e. The second kappa shape index (κ2) is 5.61. The number of benzene rings is 2. The monoisotopic (exact) mass is 273 g/mol. The number of para-hydroxylation sites is 1. The lowest BCUT2D eigenvalue weighted by atomic mass is 10.1. The molecule has 0 aliphatic carbocycles. The maximum Gasteiger partial charge on any atom is 0.170 e. The number of halogens is 1. The lowest BCUT2D eigenvalue weighted by Gasteiger charge is -2.22. The largest absolute Gasteiger partial charge is 0.409 e. The van der Waals surface area contributed by atoms with Crippen LogP contribution in [-0.2, 0) is 0 Å². The van der Waals surface area contributed by atoms with Crippen LogP contribution >= 0.6 is 0 Å². The highest BCUT2D eigenvalue weighted by molar-refractivity contribution is 5.97. The van der Waals surface area contributed by atoms with Crippen LogP contribution in [0.3, 0.4) is 0 Å². The molecule has 0 fully saturated rings. The van der Waals surface area contributed by atoms with Crippen molar-refractivity contribution in [2.45, 2.75) is 6.92 Å². The van der Waals surface area contributed by atoms with Crippen molar-refractivity contribution in [3.8, 4) is 0 Å². The van der Waals surface area contributed by atoms with Crippen molar-refractivity contribution in [3.63, 3.8) is 0 Å². The molecule has 20 heavy (non-hydrogen) atoms. The maximum absolute atomic E-state index is 14.2. The van der Waals surface area contributed by atoms with Gasteiger partial charge < -0.3 is 15.8 Å². The highest BCUT2D eigenvalue weighted by atomic mass is 19.1. The first kappa shape index (κ1) is 13.9. The fraction of sp³-hybridized carbons (Fsp3) is 0.133. The minimum atomic E-state index is -0.431. The summed E-state index contributed by atoms with van der Waals surface area (Å²) in [5, 5.41) is 11.5. The summed E-state index contributed by atoms with van der Waals surface area (Å²) in [5.41, 5.74) is 8.18. The number of aryl methyl sites for hydroxylation is 1. The predicted molar refractivity (Wildman–Crippen MR) is 78.2 cm³/mol. The SMILES string of the molecule is Cc1ccccc1N(C)c1ccc(C(N)=NO)cc1F. The summed E-state index contributed by atoms with van der Waals surface area (Å²) in [6, 6.07) is 12.2. The Morgan fingerprint density at radius 2 is 1.90 bits per heavy atom. The number of nitrogens with zero attached hydrogens (tertiary/aromatic N) is 2. The van der Waals surface area contributed by atoms with Gasteiger partial charge in [-0.2, -0.15) is 0 Å². The fourth-order valence-electron chi connectivity index (χ4n) is 2.07. The minimum absolute atomic E-state index is 0.117. The highest BCUT2D eigenvalue weighted by Gasteiger charge is 2.12. The molecule has 2 aromatic carbocycles. The van der Waals surface area contributed by atoms with Gasteiger partial charge in [0.25, 0.3) is 0 Å². The first-order chi connectivity index (χ1) is 9.54. The molecular formula is C15H16FN3O. The zero-order chi connectivity index (χ0) is 14.7. The summed E-state index contributed by atoms with van der Waals surface area (Å²) >= 11 is 0. The molecule has 0 saturated heterocycles. The van der Waals surface area contributed by atoms with E-state index < -0.39 is 5.82 Å². The van der Waals surface area contributed by atoms with E-state index in [0.717, 1.165) is 11.3 Å². The Balaban J connectivity index is 2.41. The third-order valence-electron chi connectivity index (χ3n) is 3.19. The van der Waals surface area contributed by atoms with E-state index in [1.54, 1.807) is 24.1 Å². The molecule has 5 heteroatoms. The molecule has 0 aliphatic heterocycles. The van der Waals surface area contributed by atoms with E-state index in [-0.39, 0.29) is 5.84 Å². The smallest absolute Gasteiger partial charge is 0.170 e. The van der Waals surface area contributed by atoms with E-state index in [4.69, 9.17) is 10.9 Å². The summed E-state index contributed by atoms with van der Waals surface area (Å²) in [5.74, 6) is -0.547. The van der Waals surface area contributed by atoms with Gasteiger partial charge in [-0.05, 0) is 36.8 Å². The second-order valence-electron chi connectivity index (χ2n) is 4.50. The Kier molecular flexibility index (Phi) is 3.89. The molecular weight excluding hydrogens is 257 g/mol. The molecule has 4 nitrogen and oxygen atoms in total. The van der Waals surface area contributed by atoms with E-state index in [1.165, 1.54) is 6.07 Å². The predicted octanol–water partition coefficient (Wildman–Crippen LogP) is 3.00. The number of amidine groups is 1. The zero-order valence-electron chi connectivity index (χ0n) is 11.3. The normalized spacial score (nSPS) is 11.4. The number of hydrogen-bond donors (Lipinski definition) is 2. The summed E-state index contributed by atoms with van der Waals surface area (Å²) < 4.78 is 14.2. The average Bonchev–Trinajstić information content (AvgIpc) is 2.46. The van der Waals surface area contributed by atoms with Crippen molar-refractivity contribution < 1.29 is 9.60 Å². The molecule has 0 heterocycles. The average molecular weight is 273 g/mol. The first-order valence-corrected chi connectivity index (χ1v) is 6.11. The molecule has 2 aromatic rings. The van der Waals surface area contributed by atoms with Gasteiger partial charge in [-0.3, -0.25) is 0 Å². The Labute approximate surface area is 116 Å². The molecule has 0 aromatic heterocycles. The van der Waals surface area contributed by atoms with Crippen molar-refractivity contribution in [2.75, 3.05) is 11.9 Å². The Morgan fingerprint density at radius 3 is 2.50 bits per heavy atom. The van der Waals surface area contributed by atoms with E-state index in [1.807, 2.05) is 31.2 Å². The third kappa shape index (κ3) is 2.56. The zero-order valence-corrected chi connectivity index (χ0v) is 11.3. The van der Waals surface area contributed by atoms with Crippen LogP contribution in [0.5, 0.6) is 0 Å². The molecule has 2 rings (SSSR count). The molecule has 0 radical (unpaired) electrons. The van der Waals surface area contributed by atoms with Crippen LogP contribution in [-0.4, -0.2) is 18.1 Å². The maximum atomic E-state index is 14.2. The van der Waals surface area contributed by atoms with Crippen LogP contribution in [0.4, 0.5) is 15.8 Å². The van der Waals surface area contributed by atoms with Crippen LogP contribution in [0.1, 0.15) is 11.1 Å². The highest BCUT2D eigenvalue weighted by Crippen LogP contribution is 2.29. The van der Waals surface area contributed by atoms with Crippen LogP contribution in [0.15, 0.2) is 47.6 Å². The summed E-state index contributed by atoms with van der Waals surface area (Å²) in [7, 11) is 1.80. The molecule has 104 valence electrons. The van der Waals surface area contributed by atoms with Crippen molar-refractivity contribution in [1.29, 1.82) is 0 Å². The van der Waals surface area contributed by atoms with Crippen molar-refractivity contribution in [2.24, 2.45) is 10.9 Å². The van der Waals surface area contributed by atoms with E-state index in [2.05, 4.69) is 5.16 Å². The van der Waals surface area contributed by atoms with Gasteiger partial charge in [0.2, 0.25) is 0 Å². The fourth-order valence-corrected chi connectivity index (χ4v) is 2.07. The molecule has 0 amide bonds. The number of nitrogens with two attached hydrogens (primary N) is 1. The van der Waals surface area contributed by atoms with Gasteiger partial charge in [-0.25, -0.2) is 4.39 Å². The van der Waals surface area contributed by atoms with Crippen LogP contribution < -0.4 is 10.6 Å². The van der Waals surface area contributed by atoms with Gasteiger partial charge in [0.1, 0.15) is 5.82 Å². The Morgan fingerprint density at radius 1 is 1.20 bits per heavy atom. The van der Waals surface area contributed by atoms with Crippen molar-refractivity contribution in [3.05, 3.63) is 59.4 Å². The van der Waals surface area contributed by atoms with Crippen LogP contribution in [0.25, 0.3) is 0 Å². The second-order valence-corrected chi connectivity index (χ2v) is 4.50. The number of oxime groups is 1. The summed E-state index contributed by atoms with van der Waals surface area (Å²) in [6.45, 7) is 1.97. The Bertz CT molecular complexity index is 655. The summed E-state index contributed by atoms with van der Waals surface area (Å²) in [6.07, 6.45) is 0. The van der Waals surface area contributed by atoms with Crippen LogP contribution in [0, 0.1) is 12.7 Å². The van der Waals surface area contributed by atoms with E-state index in [0.29, 0.717) is 11.3 Å². The molecule has 0 aliphatic rings. The van der Waals surface area contributed by atoms with Gasteiger partial charge in [-0.15, -0.1) is 0 Å². The molecule has 3 N–H and O–H groups in total. The van der Waals surface area contributed by atoms with Gasteiger partial charge >= 0.3 is 0 Å². The number of rotatable bonds is 3.